The summed E-state index contributed by atoms with van der Waals surface area (Å²) in [6.45, 7) is -0.0398. The van der Waals surface area contributed by atoms with Gasteiger partial charge in [0.2, 0.25) is 0 Å². The predicted molar refractivity (Wildman–Crippen MR) is 124 cm³/mol. The van der Waals surface area contributed by atoms with E-state index in [1.165, 1.54) is 16.2 Å². The molecule has 1 aliphatic rings. The Hall–Kier alpha value is -3.78. The molecule has 7 nitrogen and oxygen atoms in total. The molecule has 4 rings (SSSR count). The number of carbonyl (C=O) groups excluding carboxylic acids is 4. The molecule has 0 radical (unpaired) electrons. The van der Waals surface area contributed by atoms with Crippen LogP contribution < -0.4 is 5.32 Å². The molecule has 1 aromatic heterocycles. The number of nitrogens with zero attached hydrogens (tertiary/aromatic N) is 1. The van der Waals surface area contributed by atoms with E-state index in [2.05, 4.69) is 5.32 Å². The zero-order chi connectivity index (χ0) is 23.2. The summed E-state index contributed by atoms with van der Waals surface area (Å²) < 4.78 is 5.22. The third-order valence-electron chi connectivity index (χ3n) is 5.34. The molecule has 1 aliphatic heterocycles. The van der Waals surface area contributed by atoms with E-state index >= 15 is 0 Å². The van der Waals surface area contributed by atoms with Gasteiger partial charge in [-0.05, 0) is 36.4 Å². The molecule has 3 aromatic rings. The summed E-state index contributed by atoms with van der Waals surface area (Å²) in [4.78, 5) is 52.6. The van der Waals surface area contributed by atoms with Crippen LogP contribution >= 0.6 is 11.3 Å². The highest BCUT2D eigenvalue weighted by Gasteiger charge is 2.36. The summed E-state index contributed by atoms with van der Waals surface area (Å²) in [5.41, 5.74) is 1.18. The normalized spacial score (nSPS) is 15.2. The first-order valence-electron chi connectivity index (χ1n) is 10.5. The lowest BCUT2D eigenvalue weighted by molar-refractivity contribution is -0.151. The van der Waals surface area contributed by atoms with Crippen molar-refractivity contribution in [1.29, 1.82) is 0 Å². The highest BCUT2D eigenvalue weighted by atomic mass is 32.1. The molecule has 2 amide bonds. The van der Waals surface area contributed by atoms with Crippen molar-refractivity contribution in [2.45, 2.75) is 18.9 Å². The van der Waals surface area contributed by atoms with Crippen LogP contribution in [0.2, 0.25) is 0 Å². The van der Waals surface area contributed by atoms with Crippen molar-refractivity contribution in [3.8, 4) is 0 Å². The van der Waals surface area contributed by atoms with Gasteiger partial charge in [0, 0.05) is 17.7 Å². The van der Waals surface area contributed by atoms with Gasteiger partial charge in [-0.1, -0.05) is 48.5 Å². The molecule has 1 N–H and O–H groups in total. The standard InChI is InChI=1S/C25H22N2O5S/c28-22(26-19-11-5-4-10-18(19)23(29)17-8-2-1-3-9-17)16-32-25(31)20-12-6-14-27(20)24(30)21-13-7-15-33-21/h1-5,7-11,13,15,20H,6,12,14,16H2,(H,26,28). The number of rotatable bonds is 7. The molecule has 1 atom stereocenters. The van der Waals surface area contributed by atoms with Crippen LogP contribution in [0.25, 0.3) is 0 Å². The van der Waals surface area contributed by atoms with Gasteiger partial charge < -0.3 is 15.0 Å². The molecule has 8 heteroatoms. The number of benzene rings is 2. The topological polar surface area (TPSA) is 92.8 Å². The Bertz CT molecular complexity index is 1160. The lowest BCUT2D eigenvalue weighted by Crippen LogP contribution is -2.41. The third kappa shape index (κ3) is 5.18. The smallest absolute Gasteiger partial charge is 0.329 e. The number of likely N-dealkylation sites (tertiary alicyclic amines) is 1. The molecule has 2 heterocycles. The van der Waals surface area contributed by atoms with Crippen LogP contribution in [0.3, 0.4) is 0 Å². The van der Waals surface area contributed by atoms with E-state index in [9.17, 15) is 19.2 Å². The van der Waals surface area contributed by atoms with Crippen molar-refractivity contribution < 1.29 is 23.9 Å². The fourth-order valence-electron chi connectivity index (χ4n) is 3.75. The van der Waals surface area contributed by atoms with Gasteiger partial charge in [0.15, 0.2) is 12.4 Å². The van der Waals surface area contributed by atoms with Gasteiger partial charge in [-0.25, -0.2) is 4.79 Å². The number of ether oxygens (including phenoxy) is 1. The van der Waals surface area contributed by atoms with Gasteiger partial charge in [0.1, 0.15) is 6.04 Å². The first-order valence-corrected chi connectivity index (χ1v) is 11.4. The minimum atomic E-state index is -0.709. The van der Waals surface area contributed by atoms with E-state index in [4.69, 9.17) is 4.74 Å². The van der Waals surface area contributed by atoms with Crippen LogP contribution in [0.1, 0.15) is 38.4 Å². The van der Waals surface area contributed by atoms with Crippen molar-refractivity contribution in [2.75, 3.05) is 18.5 Å². The fraction of sp³-hybridized carbons (Fsp3) is 0.200. The summed E-state index contributed by atoms with van der Waals surface area (Å²) >= 11 is 1.32. The molecular weight excluding hydrogens is 440 g/mol. The Labute approximate surface area is 195 Å². The quantitative estimate of drug-likeness (QED) is 0.426. The molecule has 0 saturated carbocycles. The molecule has 1 fully saturated rings. The first kappa shape index (κ1) is 22.4. The van der Waals surface area contributed by atoms with Gasteiger partial charge in [-0.15, -0.1) is 11.3 Å². The molecule has 0 aliphatic carbocycles. The van der Waals surface area contributed by atoms with E-state index < -0.39 is 24.5 Å². The van der Waals surface area contributed by atoms with Crippen LogP contribution in [0, 0.1) is 0 Å². The van der Waals surface area contributed by atoms with E-state index in [-0.39, 0.29) is 11.7 Å². The summed E-state index contributed by atoms with van der Waals surface area (Å²) in [5.74, 6) is -1.61. The number of anilines is 1. The molecule has 33 heavy (non-hydrogen) atoms. The molecule has 1 saturated heterocycles. The number of amides is 2. The van der Waals surface area contributed by atoms with Gasteiger partial charge in [-0.2, -0.15) is 0 Å². The predicted octanol–water partition coefficient (Wildman–Crippen LogP) is 3.77. The molecule has 0 spiro atoms. The summed E-state index contributed by atoms with van der Waals surface area (Å²) in [6, 6.07) is 18.2. The SMILES string of the molecule is O=C(COC(=O)C1CCCN1C(=O)c1cccs1)Nc1ccccc1C(=O)c1ccccc1. The van der Waals surface area contributed by atoms with Crippen molar-refractivity contribution >= 4 is 40.6 Å². The number of hydrogen-bond donors (Lipinski definition) is 1. The van der Waals surface area contributed by atoms with Crippen molar-refractivity contribution in [3.63, 3.8) is 0 Å². The average molecular weight is 463 g/mol. The highest BCUT2D eigenvalue weighted by Crippen LogP contribution is 2.23. The Balaban J connectivity index is 1.37. The second-order valence-electron chi connectivity index (χ2n) is 7.53. The van der Waals surface area contributed by atoms with Crippen molar-refractivity contribution in [2.24, 2.45) is 0 Å². The molecule has 168 valence electrons. The summed E-state index contributed by atoms with van der Waals surface area (Å²) in [6.07, 6.45) is 1.18. The molecular formula is C25H22N2O5S. The minimum Gasteiger partial charge on any atom is -0.454 e. The second-order valence-corrected chi connectivity index (χ2v) is 8.48. The number of carbonyl (C=O) groups is 4. The fourth-order valence-corrected chi connectivity index (χ4v) is 4.43. The van der Waals surface area contributed by atoms with Crippen molar-refractivity contribution in [3.05, 3.63) is 88.1 Å². The number of ketones is 1. The molecule has 2 aromatic carbocycles. The Morgan fingerprint density at radius 1 is 0.970 bits per heavy atom. The lowest BCUT2D eigenvalue weighted by Gasteiger charge is -2.22. The first-order chi connectivity index (χ1) is 16.0. The summed E-state index contributed by atoms with van der Waals surface area (Å²) in [5, 5.41) is 4.45. The minimum absolute atomic E-state index is 0.206. The van der Waals surface area contributed by atoms with Crippen LogP contribution in [-0.2, 0) is 14.3 Å². The highest BCUT2D eigenvalue weighted by molar-refractivity contribution is 7.12. The monoisotopic (exact) mass is 462 g/mol. The number of esters is 1. The maximum absolute atomic E-state index is 12.8. The zero-order valence-electron chi connectivity index (χ0n) is 17.7. The maximum atomic E-state index is 12.8. The van der Waals surface area contributed by atoms with Crippen LogP contribution in [0.4, 0.5) is 5.69 Å². The Morgan fingerprint density at radius 3 is 2.48 bits per heavy atom. The molecule has 1 unspecified atom stereocenters. The van der Waals surface area contributed by atoms with Crippen LogP contribution in [0.5, 0.6) is 0 Å². The zero-order valence-corrected chi connectivity index (χ0v) is 18.5. The third-order valence-corrected chi connectivity index (χ3v) is 6.20. The van der Waals surface area contributed by atoms with E-state index in [1.807, 2.05) is 6.07 Å². The van der Waals surface area contributed by atoms with Crippen LogP contribution in [0.15, 0.2) is 72.1 Å². The maximum Gasteiger partial charge on any atom is 0.329 e. The van der Waals surface area contributed by atoms with Crippen molar-refractivity contribution in [1.82, 2.24) is 4.90 Å². The van der Waals surface area contributed by atoms with Gasteiger partial charge in [0.25, 0.3) is 11.8 Å². The van der Waals surface area contributed by atoms with Crippen LogP contribution in [-0.4, -0.2) is 47.7 Å². The number of hydrogen-bond acceptors (Lipinski definition) is 6. The molecule has 0 bridgehead atoms. The van der Waals surface area contributed by atoms with Gasteiger partial charge in [0.05, 0.1) is 10.6 Å². The Kier molecular flexibility index (Phi) is 6.95. The lowest BCUT2D eigenvalue weighted by atomic mass is 10.0. The number of thiophene rings is 1. The largest absolute Gasteiger partial charge is 0.454 e. The summed E-state index contributed by atoms with van der Waals surface area (Å²) in [7, 11) is 0. The van der Waals surface area contributed by atoms with E-state index in [0.717, 1.165) is 0 Å². The number of para-hydroxylation sites is 1. The van der Waals surface area contributed by atoms with Gasteiger partial charge in [-0.3, -0.25) is 14.4 Å². The van der Waals surface area contributed by atoms with E-state index in [1.54, 1.807) is 66.0 Å². The van der Waals surface area contributed by atoms with Gasteiger partial charge >= 0.3 is 5.97 Å². The Morgan fingerprint density at radius 2 is 1.73 bits per heavy atom. The number of nitrogens with one attached hydrogen (secondary N) is 1. The average Bonchev–Trinajstić information content (AvgIpc) is 3.55. The second kappa shape index (κ2) is 10.2. The van der Waals surface area contributed by atoms with E-state index in [0.29, 0.717) is 41.1 Å².